The van der Waals surface area contributed by atoms with Crippen LogP contribution in [0.25, 0.3) is 0 Å². The highest BCUT2D eigenvalue weighted by Crippen LogP contribution is 2.42. The van der Waals surface area contributed by atoms with Gasteiger partial charge in [-0.15, -0.1) is 0 Å². The normalized spacial score (nSPS) is 41.9. The van der Waals surface area contributed by atoms with Gasteiger partial charge >= 0.3 is 0 Å². The molecule has 3 aliphatic carbocycles. The first kappa shape index (κ1) is 28.7. The maximum Gasteiger partial charge on any atom is 0.0895 e. The minimum Gasteiger partial charge on any atom is -0.393 e. The molecule has 0 aromatic rings. The van der Waals surface area contributed by atoms with Gasteiger partial charge in [-0.25, -0.2) is 0 Å². The van der Waals surface area contributed by atoms with Crippen molar-refractivity contribution < 1.29 is 29.5 Å². The summed E-state index contributed by atoms with van der Waals surface area (Å²) < 4.78 is 16.1. The molecule has 3 saturated carbocycles. The molecular formula is C32H42O6. The van der Waals surface area contributed by atoms with Crippen LogP contribution in [0.1, 0.15) is 25.7 Å². The maximum atomic E-state index is 9.64. The molecule has 6 rings (SSSR count). The van der Waals surface area contributed by atoms with Gasteiger partial charge in [-0.05, 0) is 29.6 Å². The van der Waals surface area contributed by atoms with Crippen LogP contribution in [0.2, 0.25) is 0 Å². The highest BCUT2D eigenvalue weighted by atomic mass is 16.5. The minimum atomic E-state index is -0.437. The number of hydrogen-bond donors (Lipinski definition) is 3. The summed E-state index contributed by atoms with van der Waals surface area (Å²) in [6.07, 6.45) is 13.7. The number of rotatable bonds is 3. The second-order valence-corrected chi connectivity index (χ2v) is 10.8. The van der Waals surface area contributed by atoms with Crippen LogP contribution in [0, 0.1) is 17.8 Å². The van der Waals surface area contributed by atoms with E-state index in [1.807, 2.05) is 18.2 Å². The quantitative estimate of drug-likeness (QED) is 0.483. The summed E-state index contributed by atoms with van der Waals surface area (Å²) in [7, 11) is 0. The van der Waals surface area contributed by atoms with E-state index in [0.717, 1.165) is 49.4 Å². The van der Waals surface area contributed by atoms with Gasteiger partial charge in [0, 0.05) is 30.6 Å². The summed E-state index contributed by atoms with van der Waals surface area (Å²) in [5, 5.41) is 28.8. The van der Waals surface area contributed by atoms with Crippen molar-refractivity contribution in [2.45, 2.75) is 62.3 Å². The molecule has 38 heavy (non-hydrogen) atoms. The number of fused-ring (bicyclic) bond motifs is 3. The highest BCUT2D eigenvalue weighted by Gasteiger charge is 2.44. The zero-order valence-corrected chi connectivity index (χ0v) is 22.2. The van der Waals surface area contributed by atoms with Crippen LogP contribution in [0.15, 0.2) is 97.2 Å². The third-order valence-corrected chi connectivity index (χ3v) is 8.44. The van der Waals surface area contributed by atoms with Crippen LogP contribution in [0.5, 0.6) is 0 Å². The van der Waals surface area contributed by atoms with E-state index >= 15 is 0 Å². The molecule has 0 aromatic heterocycles. The molecule has 0 unspecified atom stereocenters. The van der Waals surface area contributed by atoms with Crippen LogP contribution < -0.4 is 0 Å². The van der Waals surface area contributed by atoms with Crippen LogP contribution in [0.3, 0.4) is 0 Å². The monoisotopic (exact) mass is 522 g/mol. The fourth-order valence-electron chi connectivity index (χ4n) is 6.02. The lowest BCUT2D eigenvalue weighted by Gasteiger charge is -2.45. The molecule has 6 fully saturated rings. The van der Waals surface area contributed by atoms with Crippen molar-refractivity contribution in [1.29, 1.82) is 0 Å². The first-order valence-electron chi connectivity index (χ1n) is 13.5. The van der Waals surface area contributed by atoms with E-state index in [1.165, 1.54) is 11.1 Å². The van der Waals surface area contributed by atoms with Crippen molar-refractivity contribution in [2.75, 3.05) is 19.8 Å². The first-order chi connectivity index (χ1) is 18.3. The van der Waals surface area contributed by atoms with Crippen molar-refractivity contribution in [2.24, 2.45) is 17.8 Å². The molecule has 0 aromatic carbocycles. The lowest BCUT2D eigenvalue weighted by atomic mass is 9.75. The Morgan fingerprint density at radius 3 is 1.76 bits per heavy atom. The van der Waals surface area contributed by atoms with Crippen molar-refractivity contribution in [3.63, 3.8) is 0 Å². The molecule has 9 atom stereocenters. The van der Waals surface area contributed by atoms with Crippen molar-refractivity contribution in [1.82, 2.24) is 0 Å². The van der Waals surface area contributed by atoms with Crippen molar-refractivity contribution in [3.05, 3.63) is 97.2 Å². The van der Waals surface area contributed by atoms with E-state index in [2.05, 4.69) is 32.9 Å². The smallest absolute Gasteiger partial charge is 0.0895 e. The predicted octanol–water partition coefficient (Wildman–Crippen LogP) is 4.14. The van der Waals surface area contributed by atoms with Gasteiger partial charge in [0.25, 0.3) is 0 Å². The fourth-order valence-corrected chi connectivity index (χ4v) is 6.02. The molecule has 3 N–H and O–H groups in total. The Balaban J connectivity index is 0.000000133. The van der Waals surface area contributed by atoms with Crippen LogP contribution in [-0.2, 0) is 14.2 Å². The third-order valence-electron chi connectivity index (χ3n) is 8.44. The fraction of sp³-hybridized carbons (Fsp3) is 0.500. The zero-order valence-electron chi connectivity index (χ0n) is 22.2. The largest absolute Gasteiger partial charge is 0.393 e. The number of aliphatic hydroxyl groups excluding tert-OH is 3. The average molecular weight is 523 g/mol. The number of ether oxygens (including phenoxy) is 3. The Morgan fingerprint density at radius 2 is 1.24 bits per heavy atom. The van der Waals surface area contributed by atoms with Crippen LogP contribution in [0.4, 0.5) is 0 Å². The maximum absolute atomic E-state index is 9.64. The highest BCUT2D eigenvalue weighted by molar-refractivity contribution is 5.40. The Bertz CT molecular complexity index is 1030. The summed E-state index contributed by atoms with van der Waals surface area (Å²) in [5.41, 5.74) is 5.33. The van der Waals surface area contributed by atoms with Crippen LogP contribution >= 0.6 is 0 Å². The topological polar surface area (TPSA) is 88.4 Å². The van der Waals surface area contributed by atoms with E-state index in [0.29, 0.717) is 30.6 Å². The third kappa shape index (κ3) is 5.96. The zero-order chi connectivity index (χ0) is 27.4. The molecule has 0 radical (unpaired) electrons. The van der Waals surface area contributed by atoms with Crippen LogP contribution in [-0.4, -0.2) is 71.8 Å². The summed E-state index contributed by atoms with van der Waals surface area (Å²) in [6, 6.07) is 0. The lowest BCUT2D eigenvalue weighted by molar-refractivity contribution is -0.131. The van der Waals surface area contributed by atoms with E-state index in [9.17, 15) is 15.3 Å². The van der Waals surface area contributed by atoms with E-state index in [4.69, 9.17) is 14.2 Å². The Hall–Kier alpha value is -2.32. The van der Waals surface area contributed by atoms with Gasteiger partial charge in [-0.2, -0.15) is 0 Å². The van der Waals surface area contributed by atoms with Gasteiger partial charge < -0.3 is 29.5 Å². The molecule has 3 saturated heterocycles. The minimum absolute atomic E-state index is 0.0509. The van der Waals surface area contributed by atoms with Gasteiger partial charge in [0.05, 0.1) is 56.4 Å². The summed E-state index contributed by atoms with van der Waals surface area (Å²) in [5.74, 6) is 1.44. The average Bonchev–Trinajstić information content (AvgIpc) is 2.82. The summed E-state index contributed by atoms with van der Waals surface area (Å²) >= 11 is 0. The predicted molar refractivity (Wildman–Crippen MR) is 149 cm³/mol. The van der Waals surface area contributed by atoms with Gasteiger partial charge in [0.2, 0.25) is 0 Å². The summed E-state index contributed by atoms with van der Waals surface area (Å²) in [4.78, 5) is 0. The summed E-state index contributed by atoms with van der Waals surface area (Å²) in [6.45, 7) is 21.1. The Kier molecular flexibility index (Phi) is 9.58. The number of aliphatic hydroxyl groups is 3. The number of hydrogen-bond acceptors (Lipinski definition) is 6. The molecule has 0 bridgehead atoms. The van der Waals surface area contributed by atoms with E-state index in [-0.39, 0.29) is 24.4 Å². The van der Waals surface area contributed by atoms with E-state index in [1.54, 1.807) is 18.2 Å². The molecule has 0 spiro atoms. The first-order valence-corrected chi connectivity index (χ1v) is 13.5. The lowest BCUT2D eigenvalue weighted by Crippen LogP contribution is -2.48. The SMILES string of the molecule is C=C/C=C1\C(=C)[C@@H](O)C[C@@H]2OC[C@@H]12.C=C/C=C1\C[C@@H](O)C(=C)[C@@H]2OC[C@@H]12.C=C/C=C1\C[C@@H](O)C[C@@H]2OC[C@@H]12. The molecule has 3 aliphatic heterocycles. The molecule has 6 nitrogen and oxygen atoms in total. The second-order valence-electron chi connectivity index (χ2n) is 10.8. The molecule has 6 heteroatoms. The van der Waals surface area contributed by atoms with Gasteiger partial charge in [0.1, 0.15) is 0 Å². The Morgan fingerprint density at radius 1 is 0.658 bits per heavy atom. The molecular weight excluding hydrogens is 480 g/mol. The van der Waals surface area contributed by atoms with Crippen molar-refractivity contribution in [3.8, 4) is 0 Å². The standard InChI is InChI=1S/2C11H14O2.C10H14O2/c1-3-4-8-7(2)10(12)5-11-9(8)6-13-11;1-3-4-8-5-10(12)7(2)11-9(8)6-13-11;1-2-3-7-4-8(11)5-10-9(7)6-12-10/h2*3-4,9-12H,1-2,5-6H2;2-3,8-11H,1,4-6H2/b2*8-4+;7-3+/t9-,10-,11-;9-,10+,11-;8-,9+,10+/m001/s1. The molecule has 0 amide bonds. The molecule has 3 heterocycles. The van der Waals surface area contributed by atoms with E-state index < -0.39 is 12.2 Å². The molecule has 6 aliphatic rings. The Labute approximate surface area is 226 Å². The van der Waals surface area contributed by atoms with Gasteiger partial charge in [-0.3, -0.25) is 0 Å². The van der Waals surface area contributed by atoms with Crippen molar-refractivity contribution >= 4 is 0 Å². The second kappa shape index (κ2) is 12.7. The van der Waals surface area contributed by atoms with Gasteiger partial charge in [0.15, 0.2) is 0 Å². The molecule has 206 valence electrons. The number of allylic oxidation sites excluding steroid dienone is 6. The van der Waals surface area contributed by atoms with Gasteiger partial charge in [-0.1, -0.05) is 80.5 Å².